The summed E-state index contributed by atoms with van der Waals surface area (Å²) < 4.78 is 10.3. The Morgan fingerprint density at radius 2 is 1.78 bits per heavy atom. The average molecular weight is 404 g/mol. The molecule has 1 amide bonds. The van der Waals surface area contributed by atoms with Gasteiger partial charge in [-0.05, 0) is 42.0 Å². The van der Waals surface area contributed by atoms with Crippen LogP contribution in [-0.2, 0) is 11.3 Å². The fourth-order valence-electron chi connectivity index (χ4n) is 2.44. The maximum atomic E-state index is 12.3. The van der Waals surface area contributed by atoms with Crippen LogP contribution in [-0.4, -0.2) is 19.0 Å². The molecule has 27 heavy (non-hydrogen) atoms. The van der Waals surface area contributed by atoms with Crippen LogP contribution < -0.4 is 5.32 Å². The van der Waals surface area contributed by atoms with Crippen LogP contribution in [0.3, 0.4) is 0 Å². The van der Waals surface area contributed by atoms with Crippen molar-refractivity contribution in [2.24, 2.45) is 0 Å². The number of hydrogen-bond acceptors (Lipinski definition) is 4. The molecule has 0 atom stereocenters. The van der Waals surface area contributed by atoms with Gasteiger partial charge in [0.1, 0.15) is 5.76 Å². The number of hydrogen-bond donors (Lipinski definition) is 1. The standard InChI is InChI=1S/C20H15Cl2NO4/c1-26-20(25)13-7-5-12(6-8-13)11-23-19(24)17-10-9-16(27-17)14-3-2-4-15(21)18(14)22/h2-10H,11H2,1H3,(H,23,24). The van der Waals surface area contributed by atoms with E-state index in [-0.39, 0.29) is 18.2 Å². The van der Waals surface area contributed by atoms with Gasteiger partial charge in [0.15, 0.2) is 5.76 Å². The van der Waals surface area contributed by atoms with Crippen molar-refractivity contribution in [3.8, 4) is 11.3 Å². The first-order valence-corrected chi connectivity index (χ1v) is 8.75. The highest BCUT2D eigenvalue weighted by molar-refractivity contribution is 6.43. The first-order valence-electron chi connectivity index (χ1n) is 7.99. The van der Waals surface area contributed by atoms with Crippen LogP contribution in [0.15, 0.2) is 59.0 Å². The van der Waals surface area contributed by atoms with Gasteiger partial charge in [-0.1, -0.05) is 41.4 Å². The molecule has 0 aliphatic carbocycles. The quantitative estimate of drug-likeness (QED) is 0.610. The SMILES string of the molecule is COC(=O)c1ccc(CNC(=O)c2ccc(-c3cccc(Cl)c3Cl)o2)cc1. The molecule has 2 aromatic carbocycles. The fourth-order valence-corrected chi connectivity index (χ4v) is 2.84. The molecule has 0 fully saturated rings. The fraction of sp³-hybridized carbons (Fsp3) is 0.100. The lowest BCUT2D eigenvalue weighted by Crippen LogP contribution is -2.22. The van der Waals surface area contributed by atoms with E-state index >= 15 is 0 Å². The second kappa shape index (κ2) is 8.29. The van der Waals surface area contributed by atoms with E-state index < -0.39 is 5.97 Å². The molecule has 1 heterocycles. The van der Waals surface area contributed by atoms with Crippen LogP contribution in [0.5, 0.6) is 0 Å². The van der Waals surface area contributed by atoms with Crippen LogP contribution in [0, 0.1) is 0 Å². The number of benzene rings is 2. The maximum Gasteiger partial charge on any atom is 0.337 e. The molecule has 1 aromatic heterocycles. The maximum absolute atomic E-state index is 12.3. The highest BCUT2D eigenvalue weighted by atomic mass is 35.5. The van der Waals surface area contributed by atoms with Crippen molar-refractivity contribution in [2.75, 3.05) is 7.11 Å². The van der Waals surface area contributed by atoms with E-state index in [1.54, 1.807) is 54.6 Å². The van der Waals surface area contributed by atoms with Crippen molar-refractivity contribution in [2.45, 2.75) is 6.54 Å². The van der Waals surface area contributed by atoms with Crippen molar-refractivity contribution in [3.05, 3.63) is 81.5 Å². The number of methoxy groups -OCH3 is 1. The smallest absolute Gasteiger partial charge is 0.337 e. The molecular formula is C20H15Cl2NO4. The molecule has 0 aliphatic rings. The molecule has 3 aromatic rings. The topological polar surface area (TPSA) is 68.5 Å². The summed E-state index contributed by atoms with van der Waals surface area (Å²) in [7, 11) is 1.32. The summed E-state index contributed by atoms with van der Waals surface area (Å²) in [6.45, 7) is 0.286. The van der Waals surface area contributed by atoms with Crippen molar-refractivity contribution >= 4 is 35.1 Å². The van der Waals surface area contributed by atoms with Gasteiger partial charge in [0, 0.05) is 12.1 Å². The number of amides is 1. The van der Waals surface area contributed by atoms with Gasteiger partial charge in [-0.2, -0.15) is 0 Å². The largest absolute Gasteiger partial charge is 0.465 e. The van der Waals surface area contributed by atoms with Crippen molar-refractivity contribution in [3.63, 3.8) is 0 Å². The second-order valence-electron chi connectivity index (χ2n) is 5.64. The Balaban J connectivity index is 1.66. The Morgan fingerprint density at radius 1 is 1.04 bits per heavy atom. The lowest BCUT2D eigenvalue weighted by Gasteiger charge is -2.05. The number of halogens is 2. The van der Waals surface area contributed by atoms with E-state index in [9.17, 15) is 9.59 Å². The Bertz CT molecular complexity index is 980. The Kier molecular flexibility index (Phi) is 5.84. The van der Waals surface area contributed by atoms with E-state index in [1.807, 2.05) is 0 Å². The van der Waals surface area contributed by atoms with Gasteiger partial charge in [0.05, 0.1) is 22.7 Å². The van der Waals surface area contributed by atoms with Crippen molar-refractivity contribution in [1.29, 1.82) is 0 Å². The lowest BCUT2D eigenvalue weighted by molar-refractivity contribution is 0.0600. The number of esters is 1. The zero-order valence-electron chi connectivity index (χ0n) is 14.3. The number of furan rings is 1. The van der Waals surface area contributed by atoms with E-state index in [4.69, 9.17) is 27.6 Å². The van der Waals surface area contributed by atoms with Gasteiger partial charge in [-0.3, -0.25) is 4.79 Å². The van der Waals surface area contributed by atoms with Crippen molar-refractivity contribution < 1.29 is 18.7 Å². The molecule has 0 spiro atoms. The van der Waals surface area contributed by atoms with Gasteiger partial charge in [0.25, 0.3) is 5.91 Å². The molecule has 0 bridgehead atoms. The Labute approximate surface area is 165 Å². The minimum Gasteiger partial charge on any atom is -0.465 e. The minimum absolute atomic E-state index is 0.159. The van der Waals surface area contributed by atoms with Gasteiger partial charge in [0.2, 0.25) is 0 Å². The first kappa shape index (κ1) is 19.0. The van der Waals surface area contributed by atoms with Crippen molar-refractivity contribution in [1.82, 2.24) is 5.32 Å². The predicted octanol–water partition coefficient (Wildman–Crippen LogP) is 4.97. The number of carbonyl (C=O) groups excluding carboxylic acids is 2. The second-order valence-corrected chi connectivity index (χ2v) is 6.42. The lowest BCUT2D eigenvalue weighted by atomic mass is 10.1. The molecule has 5 nitrogen and oxygen atoms in total. The summed E-state index contributed by atoms with van der Waals surface area (Å²) in [5.74, 6) is -0.160. The summed E-state index contributed by atoms with van der Waals surface area (Å²) in [6.07, 6.45) is 0. The van der Waals surface area contributed by atoms with E-state index in [1.165, 1.54) is 7.11 Å². The van der Waals surface area contributed by atoms with E-state index in [2.05, 4.69) is 10.1 Å². The van der Waals surface area contributed by atoms with Crippen LogP contribution in [0.1, 0.15) is 26.5 Å². The number of ether oxygens (including phenoxy) is 1. The molecule has 138 valence electrons. The molecule has 3 rings (SSSR count). The zero-order chi connectivity index (χ0) is 19.4. The number of carbonyl (C=O) groups is 2. The van der Waals surface area contributed by atoms with Gasteiger partial charge >= 0.3 is 5.97 Å². The normalized spacial score (nSPS) is 10.5. The van der Waals surface area contributed by atoms with Crippen LogP contribution >= 0.6 is 23.2 Å². The Hall–Kier alpha value is -2.76. The molecule has 0 saturated heterocycles. The summed E-state index contributed by atoms with van der Waals surface area (Å²) in [5, 5.41) is 3.54. The van der Waals surface area contributed by atoms with Crippen LogP contribution in [0.25, 0.3) is 11.3 Å². The number of rotatable bonds is 5. The summed E-state index contributed by atoms with van der Waals surface area (Å²) in [5.41, 5.74) is 1.89. The van der Waals surface area contributed by atoms with Gasteiger partial charge in [-0.15, -0.1) is 0 Å². The molecule has 7 heteroatoms. The third-order valence-electron chi connectivity index (χ3n) is 3.87. The highest BCUT2D eigenvalue weighted by Gasteiger charge is 2.15. The molecule has 0 saturated carbocycles. The first-order chi connectivity index (χ1) is 13.0. The zero-order valence-corrected chi connectivity index (χ0v) is 15.8. The summed E-state index contributed by atoms with van der Waals surface area (Å²) >= 11 is 12.2. The minimum atomic E-state index is -0.409. The van der Waals surface area contributed by atoms with Crippen LogP contribution in [0.4, 0.5) is 0 Å². The third-order valence-corrected chi connectivity index (χ3v) is 4.69. The molecule has 0 unspecified atom stereocenters. The van der Waals surface area contributed by atoms with Crippen LogP contribution in [0.2, 0.25) is 10.0 Å². The van der Waals surface area contributed by atoms with Gasteiger partial charge < -0.3 is 14.5 Å². The number of nitrogens with one attached hydrogen (secondary N) is 1. The predicted molar refractivity (Wildman–Crippen MR) is 103 cm³/mol. The van der Waals surface area contributed by atoms with Gasteiger partial charge in [-0.25, -0.2) is 4.79 Å². The summed E-state index contributed by atoms with van der Waals surface area (Å²) in [4.78, 5) is 23.7. The molecule has 1 N–H and O–H groups in total. The molecule has 0 radical (unpaired) electrons. The monoisotopic (exact) mass is 403 g/mol. The van der Waals surface area contributed by atoms with E-state index in [0.717, 1.165) is 5.56 Å². The average Bonchev–Trinajstić information content (AvgIpc) is 3.18. The molecular weight excluding hydrogens is 389 g/mol. The highest BCUT2D eigenvalue weighted by Crippen LogP contribution is 2.34. The Morgan fingerprint density at radius 3 is 2.48 bits per heavy atom. The van der Waals surface area contributed by atoms with E-state index in [0.29, 0.717) is 26.9 Å². The third kappa shape index (κ3) is 4.32. The summed E-state index contributed by atoms with van der Waals surface area (Å²) in [6, 6.07) is 15.2. The molecule has 0 aliphatic heterocycles.